The number of aliphatic hydroxyl groups excluding tert-OH is 2. The van der Waals surface area contributed by atoms with Gasteiger partial charge in [0.05, 0.1) is 19.0 Å². The summed E-state index contributed by atoms with van der Waals surface area (Å²) in [5.74, 6) is -3.80. The molecule has 0 aromatic carbocycles. The van der Waals surface area contributed by atoms with E-state index in [0.29, 0.717) is 5.69 Å². The lowest BCUT2D eigenvalue weighted by Gasteiger charge is -2.24. The number of aromatic amines is 1. The number of H-pyrrole nitrogens is 1. The summed E-state index contributed by atoms with van der Waals surface area (Å²) in [7, 11) is 0. The highest BCUT2D eigenvalue weighted by atomic mass is 16.4. The van der Waals surface area contributed by atoms with Crippen molar-refractivity contribution >= 4 is 23.7 Å². The van der Waals surface area contributed by atoms with Crippen molar-refractivity contribution in [3.63, 3.8) is 0 Å². The van der Waals surface area contributed by atoms with Gasteiger partial charge in [0.25, 0.3) is 0 Å². The van der Waals surface area contributed by atoms with Crippen LogP contribution in [0, 0.1) is 0 Å². The van der Waals surface area contributed by atoms with Crippen molar-refractivity contribution in [2.24, 2.45) is 5.73 Å². The number of hydrogen-bond donors (Lipinski definition) is 8. The van der Waals surface area contributed by atoms with Crippen LogP contribution in [0.5, 0.6) is 0 Å². The molecule has 9 N–H and O–H groups in total. The molecule has 1 heterocycles. The number of imidazole rings is 1. The summed E-state index contributed by atoms with van der Waals surface area (Å²) in [5, 5.41) is 34.4. The SMILES string of the molecule is CC(NC(=O)C(N)CO)C(=O)NC(Cc1cnc[nH]1)C(=O)NC(C(=O)O)C(C)O. The molecule has 1 aromatic heterocycles. The van der Waals surface area contributed by atoms with Crippen LogP contribution in [0.25, 0.3) is 0 Å². The first kappa shape index (κ1) is 24.0. The number of amides is 3. The fraction of sp³-hybridized carbons (Fsp3) is 0.562. The number of carbonyl (C=O) groups excluding carboxylic acids is 3. The summed E-state index contributed by atoms with van der Waals surface area (Å²) in [4.78, 5) is 54.4. The number of aliphatic hydroxyl groups is 2. The Morgan fingerprint density at radius 3 is 2.28 bits per heavy atom. The van der Waals surface area contributed by atoms with E-state index in [1.54, 1.807) is 0 Å². The van der Waals surface area contributed by atoms with E-state index in [1.807, 2.05) is 0 Å². The Labute approximate surface area is 166 Å². The van der Waals surface area contributed by atoms with Crippen molar-refractivity contribution in [3.05, 3.63) is 18.2 Å². The summed E-state index contributed by atoms with van der Waals surface area (Å²) in [6, 6.07) is -5.11. The van der Waals surface area contributed by atoms with Crippen molar-refractivity contribution in [2.45, 2.75) is 50.5 Å². The molecular formula is C16H26N6O7. The second-order valence-corrected chi connectivity index (χ2v) is 6.43. The second kappa shape index (κ2) is 11.1. The lowest BCUT2D eigenvalue weighted by atomic mass is 10.1. The molecule has 5 unspecified atom stereocenters. The average molecular weight is 414 g/mol. The van der Waals surface area contributed by atoms with E-state index < -0.39 is 60.6 Å². The molecule has 0 spiro atoms. The smallest absolute Gasteiger partial charge is 0.328 e. The zero-order valence-corrected chi connectivity index (χ0v) is 16.0. The van der Waals surface area contributed by atoms with Crippen LogP contribution in [0.2, 0.25) is 0 Å². The summed E-state index contributed by atoms with van der Waals surface area (Å²) in [6.07, 6.45) is 1.35. The fourth-order valence-corrected chi connectivity index (χ4v) is 2.23. The van der Waals surface area contributed by atoms with Crippen LogP contribution in [-0.4, -0.2) is 85.9 Å². The zero-order valence-electron chi connectivity index (χ0n) is 16.0. The molecule has 0 saturated carbocycles. The Kier molecular flexibility index (Phi) is 9.18. The number of nitrogens with one attached hydrogen (secondary N) is 4. The first-order chi connectivity index (χ1) is 13.6. The lowest BCUT2D eigenvalue weighted by molar-refractivity contribution is -0.145. The first-order valence-corrected chi connectivity index (χ1v) is 8.72. The highest BCUT2D eigenvalue weighted by Crippen LogP contribution is 2.02. The van der Waals surface area contributed by atoms with Gasteiger partial charge >= 0.3 is 5.97 Å². The predicted molar refractivity (Wildman–Crippen MR) is 98.1 cm³/mol. The Hall–Kier alpha value is -3.03. The fourth-order valence-electron chi connectivity index (χ4n) is 2.23. The van der Waals surface area contributed by atoms with E-state index in [-0.39, 0.29) is 6.42 Å². The topological polar surface area (TPSA) is 220 Å². The number of nitrogens with zero attached hydrogens (tertiary/aromatic N) is 1. The Bertz CT molecular complexity index is 709. The average Bonchev–Trinajstić information content (AvgIpc) is 3.16. The quantitative estimate of drug-likeness (QED) is 0.178. The first-order valence-electron chi connectivity index (χ1n) is 8.72. The van der Waals surface area contributed by atoms with Gasteiger partial charge in [0, 0.05) is 18.3 Å². The molecule has 162 valence electrons. The van der Waals surface area contributed by atoms with Gasteiger partial charge in [-0.25, -0.2) is 9.78 Å². The van der Waals surface area contributed by atoms with E-state index in [9.17, 15) is 24.3 Å². The summed E-state index contributed by atoms with van der Waals surface area (Å²) in [6.45, 7) is 1.93. The van der Waals surface area contributed by atoms with E-state index in [1.165, 1.54) is 26.4 Å². The van der Waals surface area contributed by atoms with Crippen LogP contribution in [-0.2, 0) is 25.6 Å². The van der Waals surface area contributed by atoms with E-state index in [0.717, 1.165) is 0 Å². The van der Waals surface area contributed by atoms with Crippen LogP contribution in [0.1, 0.15) is 19.5 Å². The van der Waals surface area contributed by atoms with Gasteiger partial charge in [0.2, 0.25) is 17.7 Å². The summed E-state index contributed by atoms with van der Waals surface area (Å²) in [5.41, 5.74) is 5.85. The molecular weight excluding hydrogens is 388 g/mol. The van der Waals surface area contributed by atoms with E-state index >= 15 is 0 Å². The van der Waals surface area contributed by atoms with Crippen molar-refractivity contribution < 1.29 is 34.5 Å². The predicted octanol–water partition coefficient (Wildman–Crippen LogP) is -3.79. The number of nitrogens with two attached hydrogens (primary N) is 1. The molecule has 13 heteroatoms. The normalized spacial score (nSPS) is 16.0. The molecule has 1 aromatic rings. The van der Waals surface area contributed by atoms with Gasteiger partial charge in [-0.15, -0.1) is 0 Å². The Morgan fingerprint density at radius 2 is 1.79 bits per heavy atom. The maximum atomic E-state index is 12.5. The van der Waals surface area contributed by atoms with Crippen LogP contribution >= 0.6 is 0 Å². The van der Waals surface area contributed by atoms with Gasteiger partial charge in [-0.3, -0.25) is 14.4 Å². The summed E-state index contributed by atoms with van der Waals surface area (Å²) >= 11 is 0. The van der Waals surface area contributed by atoms with Gasteiger partial charge in [-0.05, 0) is 13.8 Å². The third-order valence-corrected chi connectivity index (χ3v) is 3.94. The standard InChI is InChI=1S/C16H26N6O7/c1-7(20-14(26)10(17)5-23)13(25)21-11(3-9-4-18-6-19-9)15(27)22-12(8(2)24)16(28)29/h4,6-8,10-12,23-24H,3,5,17H2,1-2H3,(H,18,19)(H,20,26)(H,21,25)(H,22,27)(H,28,29). The molecule has 0 bridgehead atoms. The number of hydrogen-bond acceptors (Lipinski definition) is 8. The molecule has 29 heavy (non-hydrogen) atoms. The van der Waals surface area contributed by atoms with E-state index in [2.05, 4.69) is 25.9 Å². The second-order valence-electron chi connectivity index (χ2n) is 6.43. The number of aromatic nitrogens is 2. The Morgan fingerprint density at radius 1 is 1.14 bits per heavy atom. The molecule has 0 aliphatic heterocycles. The van der Waals surface area contributed by atoms with Crippen molar-refractivity contribution in [3.8, 4) is 0 Å². The highest BCUT2D eigenvalue weighted by molar-refractivity contribution is 5.94. The largest absolute Gasteiger partial charge is 0.480 e. The number of carbonyl (C=O) groups is 4. The van der Waals surface area contributed by atoms with Crippen molar-refractivity contribution in [2.75, 3.05) is 6.61 Å². The maximum Gasteiger partial charge on any atom is 0.328 e. The molecule has 3 amide bonds. The minimum atomic E-state index is -1.58. The zero-order chi connectivity index (χ0) is 22.1. The van der Waals surface area contributed by atoms with Crippen LogP contribution < -0.4 is 21.7 Å². The van der Waals surface area contributed by atoms with Gasteiger partial charge in [-0.1, -0.05) is 0 Å². The van der Waals surface area contributed by atoms with Crippen LogP contribution in [0.15, 0.2) is 12.5 Å². The Balaban J connectivity index is 2.89. The summed E-state index contributed by atoms with van der Waals surface area (Å²) < 4.78 is 0. The van der Waals surface area contributed by atoms with E-state index in [4.69, 9.17) is 15.9 Å². The van der Waals surface area contributed by atoms with Gasteiger partial charge in [0.1, 0.15) is 18.1 Å². The number of carboxylic acids is 1. The monoisotopic (exact) mass is 414 g/mol. The van der Waals surface area contributed by atoms with Gasteiger partial charge < -0.3 is 42.0 Å². The maximum absolute atomic E-state index is 12.5. The molecule has 0 saturated heterocycles. The van der Waals surface area contributed by atoms with Crippen LogP contribution in [0.4, 0.5) is 0 Å². The molecule has 0 radical (unpaired) electrons. The highest BCUT2D eigenvalue weighted by Gasteiger charge is 2.31. The third kappa shape index (κ3) is 7.48. The molecule has 0 fully saturated rings. The molecule has 0 aliphatic rings. The molecule has 0 aliphatic carbocycles. The third-order valence-electron chi connectivity index (χ3n) is 3.94. The van der Waals surface area contributed by atoms with Gasteiger partial charge in [-0.2, -0.15) is 0 Å². The molecule has 5 atom stereocenters. The minimum Gasteiger partial charge on any atom is -0.480 e. The van der Waals surface area contributed by atoms with Gasteiger partial charge in [0.15, 0.2) is 6.04 Å². The number of rotatable bonds is 11. The minimum absolute atomic E-state index is 0.0550. The number of aliphatic carboxylic acids is 1. The van der Waals surface area contributed by atoms with Crippen molar-refractivity contribution in [1.29, 1.82) is 0 Å². The van der Waals surface area contributed by atoms with Crippen LogP contribution in [0.3, 0.4) is 0 Å². The molecule has 1 rings (SSSR count). The van der Waals surface area contributed by atoms with Crippen molar-refractivity contribution in [1.82, 2.24) is 25.9 Å². The molecule has 13 nitrogen and oxygen atoms in total. The number of carboxylic acid groups (broad SMARTS) is 1. The lowest BCUT2D eigenvalue weighted by Crippen LogP contribution is -2.58.